The molecule has 0 saturated carbocycles. The molecule has 0 aromatic rings. The largest absolute Gasteiger partial charge is 0.313 e. The molecule has 2 saturated heterocycles. The Bertz CT molecular complexity index is 236. The van der Waals surface area contributed by atoms with Gasteiger partial charge in [0, 0.05) is 25.7 Å². The molecule has 2 aliphatic rings. The Kier molecular flexibility index (Phi) is 6.62. The summed E-state index contributed by atoms with van der Waals surface area (Å²) in [5, 5.41) is 3.77. The number of likely N-dealkylation sites (tertiary alicyclic amines) is 2. The number of rotatable bonds is 7. The molecule has 0 spiro atoms. The van der Waals surface area contributed by atoms with E-state index in [1.54, 1.807) is 0 Å². The average molecular weight is 267 g/mol. The van der Waals surface area contributed by atoms with Crippen molar-refractivity contribution in [2.24, 2.45) is 5.92 Å². The van der Waals surface area contributed by atoms with Gasteiger partial charge in [-0.05, 0) is 71.1 Å². The molecule has 3 nitrogen and oxygen atoms in total. The summed E-state index contributed by atoms with van der Waals surface area (Å²) in [6, 6.07) is 0.683. The van der Waals surface area contributed by atoms with Crippen LogP contribution in [0.4, 0.5) is 0 Å². The summed E-state index contributed by atoms with van der Waals surface area (Å²) in [5.74, 6) is 0.860. The van der Waals surface area contributed by atoms with Crippen LogP contribution in [-0.4, -0.2) is 61.7 Å². The van der Waals surface area contributed by atoms with Crippen LogP contribution in [0.2, 0.25) is 0 Å². The summed E-state index contributed by atoms with van der Waals surface area (Å²) in [6.07, 6.45) is 6.92. The van der Waals surface area contributed by atoms with Crippen LogP contribution in [-0.2, 0) is 0 Å². The van der Waals surface area contributed by atoms with E-state index in [4.69, 9.17) is 0 Å². The van der Waals surface area contributed by atoms with E-state index in [0.717, 1.165) is 5.92 Å². The number of piperidine rings is 1. The van der Waals surface area contributed by atoms with Crippen molar-refractivity contribution in [1.29, 1.82) is 0 Å². The number of nitrogens with zero attached hydrogens (tertiary/aromatic N) is 2. The van der Waals surface area contributed by atoms with E-state index in [1.807, 2.05) is 0 Å². The normalized spacial score (nSPS) is 27.8. The molecular formula is C16H33N3. The molecule has 2 aliphatic heterocycles. The molecule has 112 valence electrons. The zero-order valence-corrected chi connectivity index (χ0v) is 13.0. The van der Waals surface area contributed by atoms with Gasteiger partial charge < -0.3 is 15.1 Å². The summed E-state index contributed by atoms with van der Waals surface area (Å²) in [7, 11) is 0. The molecule has 2 atom stereocenters. The lowest BCUT2D eigenvalue weighted by atomic mass is 9.91. The van der Waals surface area contributed by atoms with Gasteiger partial charge in [0.1, 0.15) is 0 Å². The highest BCUT2D eigenvalue weighted by atomic mass is 15.2. The predicted molar refractivity (Wildman–Crippen MR) is 82.6 cm³/mol. The van der Waals surface area contributed by atoms with E-state index in [9.17, 15) is 0 Å². The number of hydrogen-bond donors (Lipinski definition) is 1. The third-order valence-electron chi connectivity index (χ3n) is 4.88. The first-order chi connectivity index (χ1) is 9.29. The highest BCUT2D eigenvalue weighted by Gasteiger charge is 2.23. The van der Waals surface area contributed by atoms with Crippen LogP contribution >= 0.6 is 0 Å². The standard InChI is InChI=1S/C16H33N3/c1-3-9-19-12-6-7-16(14-19)15(2)17-8-13-18-10-4-5-11-18/h15-17H,3-14H2,1-2H3. The van der Waals surface area contributed by atoms with Crippen molar-refractivity contribution in [3.05, 3.63) is 0 Å². The quantitative estimate of drug-likeness (QED) is 0.763. The Hall–Kier alpha value is -0.120. The minimum Gasteiger partial charge on any atom is -0.313 e. The van der Waals surface area contributed by atoms with Crippen molar-refractivity contribution in [2.75, 3.05) is 45.8 Å². The molecule has 0 aromatic heterocycles. The van der Waals surface area contributed by atoms with Crippen LogP contribution in [0.15, 0.2) is 0 Å². The van der Waals surface area contributed by atoms with Crippen LogP contribution in [0, 0.1) is 5.92 Å². The summed E-state index contributed by atoms with van der Waals surface area (Å²) >= 11 is 0. The number of nitrogens with one attached hydrogen (secondary N) is 1. The summed E-state index contributed by atoms with van der Waals surface area (Å²) < 4.78 is 0. The third-order valence-corrected chi connectivity index (χ3v) is 4.88. The monoisotopic (exact) mass is 267 g/mol. The average Bonchev–Trinajstić information content (AvgIpc) is 2.92. The Morgan fingerprint density at radius 2 is 1.79 bits per heavy atom. The SMILES string of the molecule is CCCN1CCCC(C(C)NCCN2CCCC2)C1. The van der Waals surface area contributed by atoms with E-state index < -0.39 is 0 Å². The molecule has 2 heterocycles. The summed E-state index contributed by atoms with van der Waals surface area (Å²) in [5.41, 5.74) is 0. The van der Waals surface area contributed by atoms with E-state index in [0.29, 0.717) is 6.04 Å². The highest BCUT2D eigenvalue weighted by Crippen LogP contribution is 2.19. The topological polar surface area (TPSA) is 18.5 Å². The molecule has 1 N–H and O–H groups in total. The van der Waals surface area contributed by atoms with Crippen molar-refractivity contribution >= 4 is 0 Å². The van der Waals surface area contributed by atoms with E-state index in [2.05, 4.69) is 29.0 Å². The van der Waals surface area contributed by atoms with Gasteiger partial charge in [0.25, 0.3) is 0 Å². The van der Waals surface area contributed by atoms with Crippen molar-refractivity contribution in [3.8, 4) is 0 Å². The summed E-state index contributed by atoms with van der Waals surface area (Å²) in [6.45, 7) is 13.7. The van der Waals surface area contributed by atoms with Crippen molar-refractivity contribution < 1.29 is 0 Å². The molecule has 2 fully saturated rings. The molecule has 0 radical (unpaired) electrons. The fraction of sp³-hybridized carbons (Fsp3) is 1.00. The maximum absolute atomic E-state index is 3.77. The second kappa shape index (κ2) is 8.23. The first kappa shape index (κ1) is 15.3. The van der Waals surface area contributed by atoms with Gasteiger partial charge in [-0.3, -0.25) is 0 Å². The van der Waals surface area contributed by atoms with E-state index in [-0.39, 0.29) is 0 Å². The fourth-order valence-corrected chi connectivity index (χ4v) is 3.64. The van der Waals surface area contributed by atoms with Gasteiger partial charge in [-0.25, -0.2) is 0 Å². The van der Waals surface area contributed by atoms with Crippen LogP contribution in [0.3, 0.4) is 0 Å². The Morgan fingerprint density at radius 3 is 2.53 bits per heavy atom. The maximum Gasteiger partial charge on any atom is 0.0107 e. The van der Waals surface area contributed by atoms with Crippen molar-refractivity contribution in [2.45, 2.75) is 52.0 Å². The van der Waals surface area contributed by atoms with Crippen LogP contribution < -0.4 is 5.32 Å². The van der Waals surface area contributed by atoms with Gasteiger partial charge in [0.15, 0.2) is 0 Å². The van der Waals surface area contributed by atoms with Gasteiger partial charge in [0.05, 0.1) is 0 Å². The number of hydrogen-bond acceptors (Lipinski definition) is 3. The van der Waals surface area contributed by atoms with Gasteiger partial charge in [0.2, 0.25) is 0 Å². The lowest BCUT2D eigenvalue weighted by Crippen LogP contribution is -2.46. The Morgan fingerprint density at radius 1 is 1.05 bits per heavy atom. The molecule has 0 aliphatic carbocycles. The van der Waals surface area contributed by atoms with Gasteiger partial charge in [-0.2, -0.15) is 0 Å². The van der Waals surface area contributed by atoms with Crippen LogP contribution in [0.1, 0.15) is 46.0 Å². The van der Waals surface area contributed by atoms with Gasteiger partial charge in [-0.15, -0.1) is 0 Å². The van der Waals surface area contributed by atoms with E-state index >= 15 is 0 Å². The predicted octanol–water partition coefficient (Wildman–Crippen LogP) is 2.18. The second-order valence-corrected chi connectivity index (χ2v) is 6.49. The highest BCUT2D eigenvalue weighted by molar-refractivity contribution is 4.80. The Balaban J connectivity index is 1.62. The van der Waals surface area contributed by atoms with Crippen molar-refractivity contribution in [1.82, 2.24) is 15.1 Å². The smallest absolute Gasteiger partial charge is 0.0107 e. The van der Waals surface area contributed by atoms with Gasteiger partial charge >= 0.3 is 0 Å². The van der Waals surface area contributed by atoms with Crippen LogP contribution in [0.25, 0.3) is 0 Å². The minimum atomic E-state index is 0.683. The molecule has 0 bridgehead atoms. The van der Waals surface area contributed by atoms with Crippen LogP contribution in [0.5, 0.6) is 0 Å². The lowest BCUT2D eigenvalue weighted by Gasteiger charge is -2.36. The van der Waals surface area contributed by atoms with E-state index in [1.165, 1.54) is 77.9 Å². The molecule has 19 heavy (non-hydrogen) atoms. The maximum atomic E-state index is 3.77. The molecule has 2 rings (SSSR count). The second-order valence-electron chi connectivity index (χ2n) is 6.49. The molecule has 2 unspecified atom stereocenters. The fourth-order valence-electron chi connectivity index (χ4n) is 3.64. The molecule has 0 aromatic carbocycles. The zero-order chi connectivity index (χ0) is 13.5. The first-order valence-corrected chi connectivity index (χ1v) is 8.47. The van der Waals surface area contributed by atoms with Crippen molar-refractivity contribution in [3.63, 3.8) is 0 Å². The Labute approximate surface area is 119 Å². The molecule has 0 amide bonds. The minimum absolute atomic E-state index is 0.683. The third kappa shape index (κ3) is 5.05. The zero-order valence-electron chi connectivity index (χ0n) is 13.0. The van der Waals surface area contributed by atoms with Gasteiger partial charge in [-0.1, -0.05) is 6.92 Å². The molecule has 3 heteroatoms. The first-order valence-electron chi connectivity index (χ1n) is 8.47. The molecular weight excluding hydrogens is 234 g/mol. The lowest BCUT2D eigenvalue weighted by molar-refractivity contribution is 0.150. The summed E-state index contributed by atoms with van der Waals surface area (Å²) in [4.78, 5) is 5.26.